The molecule has 31 heavy (non-hydrogen) atoms. The van der Waals surface area contributed by atoms with E-state index < -0.39 is 11.7 Å². The van der Waals surface area contributed by atoms with Crippen molar-refractivity contribution in [2.75, 3.05) is 13.1 Å². The molecule has 0 N–H and O–H groups in total. The number of hydrogen-bond donors (Lipinski definition) is 0. The van der Waals surface area contributed by atoms with Gasteiger partial charge in [-0.3, -0.25) is 4.90 Å². The lowest BCUT2D eigenvalue weighted by molar-refractivity contribution is -0.137. The smallest absolute Gasteiger partial charge is 0.324 e. The van der Waals surface area contributed by atoms with Crippen molar-refractivity contribution in [2.45, 2.75) is 57.3 Å². The fourth-order valence-corrected chi connectivity index (χ4v) is 5.16. The molecule has 3 heterocycles. The third kappa shape index (κ3) is 3.84. The van der Waals surface area contributed by atoms with Crippen molar-refractivity contribution in [1.29, 1.82) is 0 Å². The Balaban J connectivity index is 1.30. The zero-order chi connectivity index (χ0) is 21.8. The lowest BCUT2D eigenvalue weighted by Crippen LogP contribution is -2.33. The lowest BCUT2D eigenvalue weighted by atomic mass is 9.89. The molecule has 7 heteroatoms. The predicted octanol–water partition coefficient (Wildman–Crippen LogP) is 6.08. The van der Waals surface area contributed by atoms with Gasteiger partial charge in [-0.1, -0.05) is 12.1 Å². The summed E-state index contributed by atoms with van der Waals surface area (Å²) in [4.78, 5) is 7.12. The number of halogens is 4. The molecule has 0 radical (unpaired) electrons. The maximum Gasteiger partial charge on any atom is 0.416 e. The third-order valence-corrected chi connectivity index (χ3v) is 6.84. The van der Waals surface area contributed by atoms with Crippen LogP contribution in [-0.4, -0.2) is 27.5 Å². The average Bonchev–Trinajstić information content (AvgIpc) is 3.09. The zero-order valence-electron chi connectivity index (χ0n) is 17.4. The van der Waals surface area contributed by atoms with Crippen LogP contribution < -0.4 is 0 Å². The highest BCUT2D eigenvalue weighted by molar-refractivity contribution is 5.80. The fraction of sp³-hybridized carbons (Fsp3) is 0.458. The van der Waals surface area contributed by atoms with E-state index in [1.54, 1.807) is 18.2 Å². The van der Waals surface area contributed by atoms with Crippen LogP contribution in [0, 0.1) is 5.82 Å². The quantitative estimate of drug-likeness (QED) is 0.469. The molecule has 0 bridgehead atoms. The summed E-state index contributed by atoms with van der Waals surface area (Å²) in [5.74, 6) is 1.02. The van der Waals surface area contributed by atoms with Crippen molar-refractivity contribution >= 4 is 11.0 Å². The van der Waals surface area contributed by atoms with Crippen LogP contribution in [-0.2, 0) is 19.1 Å². The normalized spacial score (nSPS) is 20.5. The Morgan fingerprint density at radius 3 is 2.42 bits per heavy atom. The molecular formula is C24H25F4N3. The number of imidazole rings is 1. The topological polar surface area (TPSA) is 21.1 Å². The van der Waals surface area contributed by atoms with Gasteiger partial charge in [0, 0.05) is 12.1 Å². The zero-order valence-corrected chi connectivity index (χ0v) is 17.4. The van der Waals surface area contributed by atoms with Gasteiger partial charge in [-0.25, -0.2) is 9.37 Å². The number of aromatic nitrogens is 2. The summed E-state index contributed by atoms with van der Waals surface area (Å²) in [6, 6.07) is 9.09. The summed E-state index contributed by atoms with van der Waals surface area (Å²) in [6.45, 7) is 4.63. The number of rotatable bonds is 3. The molecular weight excluding hydrogens is 406 g/mol. The van der Waals surface area contributed by atoms with E-state index >= 15 is 0 Å². The Morgan fingerprint density at radius 1 is 1.03 bits per heavy atom. The number of alkyl halides is 3. The Kier molecular flexibility index (Phi) is 5.04. The van der Waals surface area contributed by atoms with Gasteiger partial charge in [0.2, 0.25) is 0 Å². The minimum absolute atomic E-state index is 0.231. The summed E-state index contributed by atoms with van der Waals surface area (Å²) < 4.78 is 54.7. The highest BCUT2D eigenvalue weighted by Crippen LogP contribution is 2.35. The Bertz CT molecular complexity index is 1090. The van der Waals surface area contributed by atoms with Crippen LogP contribution in [0.3, 0.4) is 0 Å². The van der Waals surface area contributed by atoms with Crippen LogP contribution in [0.5, 0.6) is 0 Å². The van der Waals surface area contributed by atoms with Crippen molar-refractivity contribution in [3.63, 3.8) is 0 Å². The second-order valence-electron chi connectivity index (χ2n) is 8.89. The maximum atomic E-state index is 14.0. The molecule has 3 nitrogen and oxygen atoms in total. The summed E-state index contributed by atoms with van der Waals surface area (Å²) in [7, 11) is 0. The van der Waals surface area contributed by atoms with Crippen molar-refractivity contribution in [1.82, 2.24) is 14.5 Å². The molecule has 0 spiro atoms. The number of likely N-dealkylation sites (tertiary alicyclic amines) is 1. The first-order chi connectivity index (χ1) is 14.8. The molecule has 0 aliphatic carbocycles. The van der Waals surface area contributed by atoms with Gasteiger partial charge in [-0.05, 0) is 80.9 Å². The minimum Gasteiger partial charge on any atom is -0.324 e. The van der Waals surface area contributed by atoms with Gasteiger partial charge in [-0.2, -0.15) is 13.2 Å². The molecule has 2 aliphatic heterocycles. The summed E-state index contributed by atoms with van der Waals surface area (Å²) in [6.07, 6.45) is -0.637. The van der Waals surface area contributed by atoms with Gasteiger partial charge >= 0.3 is 6.18 Å². The fourth-order valence-electron chi connectivity index (χ4n) is 5.16. The standard InChI is InChI=1S/C24H25F4N3/c1-15-2-3-18-12-20(25)13-21-23(18)31(15)22(29-21)14-30-10-8-17(9-11-30)16-4-6-19(7-5-16)24(26,27)28/h4-7,12-13,15,17H,2-3,8-11,14H2,1H3/t15-/m1/s1. The first-order valence-corrected chi connectivity index (χ1v) is 10.9. The van der Waals surface area contributed by atoms with E-state index in [-0.39, 0.29) is 11.7 Å². The van der Waals surface area contributed by atoms with Crippen LogP contribution in [0.4, 0.5) is 17.6 Å². The van der Waals surface area contributed by atoms with Crippen molar-refractivity contribution in [3.05, 3.63) is 64.7 Å². The van der Waals surface area contributed by atoms with E-state index in [1.165, 1.54) is 18.2 Å². The molecule has 0 amide bonds. The first-order valence-electron chi connectivity index (χ1n) is 10.9. The van der Waals surface area contributed by atoms with E-state index in [2.05, 4.69) is 16.4 Å². The Morgan fingerprint density at radius 2 is 1.74 bits per heavy atom. The molecule has 164 valence electrons. The monoisotopic (exact) mass is 431 g/mol. The highest BCUT2D eigenvalue weighted by atomic mass is 19.4. The molecule has 0 saturated carbocycles. The number of aryl methyl sites for hydroxylation is 1. The Hall–Kier alpha value is -2.41. The largest absolute Gasteiger partial charge is 0.416 e. The highest BCUT2D eigenvalue weighted by Gasteiger charge is 2.31. The second-order valence-corrected chi connectivity index (χ2v) is 8.89. The number of hydrogen-bond acceptors (Lipinski definition) is 2. The molecule has 1 saturated heterocycles. The minimum atomic E-state index is -4.30. The van der Waals surface area contributed by atoms with Gasteiger partial charge in [0.05, 0.1) is 23.1 Å². The van der Waals surface area contributed by atoms with Crippen LogP contribution in [0.25, 0.3) is 11.0 Å². The number of nitrogens with zero attached hydrogens (tertiary/aromatic N) is 3. The molecule has 5 rings (SSSR count). The van der Waals surface area contributed by atoms with Crippen molar-refractivity contribution in [2.24, 2.45) is 0 Å². The first kappa shape index (κ1) is 20.5. The molecule has 0 unspecified atom stereocenters. The van der Waals surface area contributed by atoms with Crippen molar-refractivity contribution < 1.29 is 17.6 Å². The summed E-state index contributed by atoms with van der Waals surface area (Å²) in [5, 5.41) is 0. The predicted molar refractivity (Wildman–Crippen MR) is 111 cm³/mol. The van der Waals surface area contributed by atoms with Crippen LogP contribution in [0.1, 0.15) is 60.7 Å². The maximum absolute atomic E-state index is 14.0. The van der Waals surface area contributed by atoms with Crippen LogP contribution in [0.15, 0.2) is 36.4 Å². The van der Waals surface area contributed by atoms with Gasteiger partial charge < -0.3 is 4.57 Å². The second kappa shape index (κ2) is 7.62. The summed E-state index contributed by atoms with van der Waals surface area (Å²) >= 11 is 0. The molecule has 3 aromatic rings. The van der Waals surface area contributed by atoms with Gasteiger partial charge in [0.25, 0.3) is 0 Å². The number of piperidine rings is 1. The molecule has 1 fully saturated rings. The molecule has 2 aliphatic rings. The molecule has 2 aromatic carbocycles. The SMILES string of the molecule is C[C@@H]1CCc2cc(F)cc3nc(CN4CCC(c5ccc(C(F)(F)F)cc5)CC4)n1c23. The average molecular weight is 431 g/mol. The van der Waals surface area contributed by atoms with E-state index in [1.807, 2.05) is 0 Å². The Labute approximate surface area is 178 Å². The molecule has 1 aromatic heterocycles. The van der Waals surface area contributed by atoms with E-state index in [4.69, 9.17) is 4.98 Å². The van der Waals surface area contributed by atoms with Gasteiger partial charge in [0.1, 0.15) is 11.6 Å². The van der Waals surface area contributed by atoms with E-state index in [0.29, 0.717) is 12.6 Å². The van der Waals surface area contributed by atoms with Gasteiger partial charge in [-0.15, -0.1) is 0 Å². The number of benzene rings is 2. The van der Waals surface area contributed by atoms with Crippen molar-refractivity contribution in [3.8, 4) is 0 Å². The summed E-state index contributed by atoms with van der Waals surface area (Å²) in [5.41, 5.74) is 3.21. The van der Waals surface area contributed by atoms with Crippen LogP contribution >= 0.6 is 0 Å². The molecule has 1 atom stereocenters. The lowest BCUT2D eigenvalue weighted by Gasteiger charge is -2.33. The van der Waals surface area contributed by atoms with E-state index in [0.717, 1.165) is 66.8 Å². The third-order valence-electron chi connectivity index (χ3n) is 6.84. The van der Waals surface area contributed by atoms with E-state index in [9.17, 15) is 17.6 Å². The van der Waals surface area contributed by atoms with Gasteiger partial charge in [0.15, 0.2) is 0 Å². The van der Waals surface area contributed by atoms with Crippen LogP contribution in [0.2, 0.25) is 0 Å².